The first-order valence-electron chi connectivity index (χ1n) is 11.4. The third-order valence-electron chi connectivity index (χ3n) is 6.20. The molecular formula is C25H29N5OS. The molecule has 0 bridgehead atoms. The van der Waals surface area contributed by atoms with E-state index in [2.05, 4.69) is 68.3 Å². The normalized spacial score (nSPS) is 16.8. The minimum atomic E-state index is 0.0388. The predicted molar refractivity (Wildman–Crippen MR) is 128 cm³/mol. The van der Waals surface area contributed by atoms with E-state index in [1.54, 1.807) is 0 Å². The second kappa shape index (κ2) is 9.36. The average molecular weight is 448 g/mol. The van der Waals surface area contributed by atoms with Crippen LogP contribution in [0.3, 0.4) is 0 Å². The smallest absolute Gasteiger partial charge is 0.232 e. The summed E-state index contributed by atoms with van der Waals surface area (Å²) in [4.78, 5) is 15.2. The number of hydrogen-bond donors (Lipinski definition) is 1. The number of rotatable bonds is 8. The van der Waals surface area contributed by atoms with Crippen LogP contribution in [0, 0.1) is 12.8 Å². The molecule has 3 aromatic rings. The lowest BCUT2D eigenvalue weighted by molar-refractivity contribution is -0.119. The Kier molecular flexibility index (Phi) is 6.17. The van der Waals surface area contributed by atoms with Crippen molar-refractivity contribution in [3.05, 3.63) is 65.7 Å². The highest BCUT2D eigenvalue weighted by atomic mass is 32.2. The molecule has 1 N–H and O–H groups in total. The molecule has 1 atom stereocenters. The maximum absolute atomic E-state index is 12.9. The predicted octanol–water partition coefficient (Wildman–Crippen LogP) is 4.54. The number of aromatic nitrogens is 3. The average Bonchev–Trinajstić information content (AvgIpc) is 3.34. The molecule has 6 nitrogen and oxygen atoms in total. The highest BCUT2D eigenvalue weighted by molar-refractivity contribution is 7.99. The summed E-state index contributed by atoms with van der Waals surface area (Å²) in [6.45, 7) is 4.07. The summed E-state index contributed by atoms with van der Waals surface area (Å²) in [7, 11) is 0. The van der Waals surface area contributed by atoms with Gasteiger partial charge in [-0.15, -0.1) is 10.2 Å². The highest BCUT2D eigenvalue weighted by Gasteiger charge is 2.33. The topological polar surface area (TPSA) is 63.1 Å². The number of carbonyl (C=O) groups is 1. The van der Waals surface area contributed by atoms with Gasteiger partial charge in [0.1, 0.15) is 0 Å². The van der Waals surface area contributed by atoms with Crippen molar-refractivity contribution in [3.63, 3.8) is 0 Å². The van der Waals surface area contributed by atoms with Gasteiger partial charge in [0, 0.05) is 13.1 Å². The maximum Gasteiger partial charge on any atom is 0.232 e. The first-order valence-corrected chi connectivity index (χ1v) is 12.4. The molecule has 0 spiro atoms. The van der Waals surface area contributed by atoms with Gasteiger partial charge in [-0.1, -0.05) is 59.8 Å². The molecule has 166 valence electrons. The summed E-state index contributed by atoms with van der Waals surface area (Å²) in [5, 5.41) is 13.0. The standard InChI is InChI=1S/C25H29N5OS/c1-18-9-13-21(14-10-18)30-24(29-15-5-6-16-29)27-28-25(30)32-17-22(31)26-23(20-11-12-20)19-7-3-2-4-8-19/h2-4,7-10,13-14,20,23H,5-6,11-12,15-17H2,1H3,(H,26,31). The van der Waals surface area contributed by atoms with E-state index in [0.717, 1.165) is 29.9 Å². The highest BCUT2D eigenvalue weighted by Crippen LogP contribution is 2.41. The van der Waals surface area contributed by atoms with Gasteiger partial charge >= 0.3 is 0 Å². The molecule has 7 heteroatoms. The van der Waals surface area contributed by atoms with Crippen LogP contribution in [0.5, 0.6) is 0 Å². The van der Waals surface area contributed by atoms with Gasteiger partial charge in [0.2, 0.25) is 11.9 Å². The number of amides is 1. The van der Waals surface area contributed by atoms with Crippen molar-refractivity contribution < 1.29 is 4.79 Å². The number of benzene rings is 2. The van der Waals surface area contributed by atoms with E-state index < -0.39 is 0 Å². The summed E-state index contributed by atoms with van der Waals surface area (Å²) >= 11 is 1.45. The second-order valence-corrected chi connectivity index (χ2v) is 9.67. The number of hydrogen-bond acceptors (Lipinski definition) is 5. The Morgan fingerprint density at radius 3 is 2.47 bits per heavy atom. The third kappa shape index (κ3) is 4.67. The van der Waals surface area contributed by atoms with Crippen LogP contribution < -0.4 is 10.2 Å². The number of aryl methyl sites for hydroxylation is 1. The molecule has 1 aliphatic heterocycles. The zero-order chi connectivity index (χ0) is 21.9. The minimum absolute atomic E-state index is 0.0388. The number of carbonyl (C=O) groups excluding carboxylic acids is 1. The molecule has 1 unspecified atom stereocenters. The Balaban J connectivity index is 1.32. The number of thioether (sulfide) groups is 1. The van der Waals surface area contributed by atoms with Crippen LogP contribution >= 0.6 is 11.8 Å². The Bertz CT molecular complexity index is 1060. The van der Waals surface area contributed by atoms with Gasteiger partial charge in [0.05, 0.1) is 17.5 Å². The van der Waals surface area contributed by atoms with E-state index in [-0.39, 0.29) is 11.9 Å². The van der Waals surface area contributed by atoms with Crippen LogP contribution in [0.1, 0.15) is 42.9 Å². The molecule has 32 heavy (non-hydrogen) atoms. The van der Waals surface area contributed by atoms with Gasteiger partial charge in [0.15, 0.2) is 5.16 Å². The van der Waals surface area contributed by atoms with Crippen molar-refractivity contribution >= 4 is 23.6 Å². The van der Waals surface area contributed by atoms with Crippen molar-refractivity contribution in [2.75, 3.05) is 23.7 Å². The van der Waals surface area contributed by atoms with Gasteiger partial charge in [0.25, 0.3) is 0 Å². The zero-order valence-electron chi connectivity index (χ0n) is 18.4. The van der Waals surface area contributed by atoms with Gasteiger partial charge < -0.3 is 10.2 Å². The Hall–Kier alpha value is -2.80. The van der Waals surface area contributed by atoms with Gasteiger partial charge in [-0.2, -0.15) is 0 Å². The van der Waals surface area contributed by atoms with E-state index in [9.17, 15) is 4.79 Å². The van der Waals surface area contributed by atoms with Crippen molar-refractivity contribution in [1.29, 1.82) is 0 Å². The van der Waals surface area contributed by atoms with E-state index in [0.29, 0.717) is 11.7 Å². The Morgan fingerprint density at radius 1 is 1.06 bits per heavy atom. The van der Waals surface area contributed by atoms with Gasteiger partial charge in [-0.3, -0.25) is 9.36 Å². The third-order valence-corrected chi connectivity index (χ3v) is 7.13. The summed E-state index contributed by atoms with van der Waals surface area (Å²) in [5.74, 6) is 1.77. The molecule has 1 saturated carbocycles. The van der Waals surface area contributed by atoms with E-state index >= 15 is 0 Å². The van der Waals surface area contributed by atoms with E-state index in [4.69, 9.17) is 0 Å². The Morgan fingerprint density at radius 2 is 1.78 bits per heavy atom. The molecule has 2 heterocycles. The van der Waals surface area contributed by atoms with Gasteiger partial charge in [-0.25, -0.2) is 0 Å². The van der Waals surface area contributed by atoms with Crippen molar-refractivity contribution in [2.24, 2.45) is 5.92 Å². The Labute approximate surface area is 193 Å². The van der Waals surface area contributed by atoms with Crippen molar-refractivity contribution in [1.82, 2.24) is 20.1 Å². The summed E-state index contributed by atoms with van der Waals surface area (Å²) < 4.78 is 2.10. The zero-order valence-corrected chi connectivity index (χ0v) is 19.2. The fraction of sp³-hybridized carbons (Fsp3) is 0.400. The van der Waals surface area contributed by atoms with Crippen LogP contribution in [0.15, 0.2) is 59.8 Å². The van der Waals surface area contributed by atoms with Crippen LogP contribution in [-0.4, -0.2) is 39.5 Å². The van der Waals surface area contributed by atoms with E-state index in [1.807, 2.05) is 18.2 Å². The second-order valence-electron chi connectivity index (χ2n) is 8.73. The molecule has 1 amide bonds. The molecule has 2 aromatic carbocycles. The molecule has 2 aliphatic rings. The van der Waals surface area contributed by atoms with Crippen molar-refractivity contribution in [2.45, 2.75) is 43.8 Å². The van der Waals surface area contributed by atoms with Crippen LogP contribution in [-0.2, 0) is 4.79 Å². The quantitative estimate of drug-likeness (QED) is 0.514. The van der Waals surface area contributed by atoms with E-state index in [1.165, 1.54) is 48.6 Å². The van der Waals surface area contributed by atoms with Crippen molar-refractivity contribution in [3.8, 4) is 5.69 Å². The fourth-order valence-corrected chi connectivity index (χ4v) is 5.06. The molecule has 1 aliphatic carbocycles. The van der Waals surface area contributed by atoms with Gasteiger partial charge in [-0.05, 0) is 56.2 Å². The molecular weight excluding hydrogens is 418 g/mol. The number of nitrogens with one attached hydrogen (secondary N) is 1. The minimum Gasteiger partial charge on any atom is -0.348 e. The number of anilines is 1. The summed E-state index contributed by atoms with van der Waals surface area (Å²) in [6, 6.07) is 18.8. The maximum atomic E-state index is 12.9. The van der Waals surface area contributed by atoms with Crippen LogP contribution in [0.25, 0.3) is 5.69 Å². The molecule has 0 radical (unpaired) electrons. The first kappa shape index (κ1) is 21.1. The molecule has 2 fully saturated rings. The lowest BCUT2D eigenvalue weighted by Crippen LogP contribution is -2.31. The molecule has 5 rings (SSSR count). The summed E-state index contributed by atoms with van der Waals surface area (Å²) in [6.07, 6.45) is 4.70. The monoisotopic (exact) mass is 447 g/mol. The molecule has 1 saturated heterocycles. The lowest BCUT2D eigenvalue weighted by atomic mass is 10.0. The first-order chi connectivity index (χ1) is 15.7. The van der Waals surface area contributed by atoms with Crippen LogP contribution in [0.4, 0.5) is 5.95 Å². The number of nitrogens with zero attached hydrogens (tertiary/aromatic N) is 4. The SMILES string of the molecule is Cc1ccc(-n2c(SCC(=O)NC(c3ccccc3)C3CC3)nnc2N2CCCC2)cc1. The fourth-order valence-electron chi connectivity index (χ4n) is 4.31. The summed E-state index contributed by atoms with van der Waals surface area (Å²) in [5.41, 5.74) is 3.43. The lowest BCUT2D eigenvalue weighted by Gasteiger charge is -2.19. The largest absolute Gasteiger partial charge is 0.348 e. The molecule has 1 aromatic heterocycles. The van der Waals surface area contributed by atoms with Crippen LogP contribution in [0.2, 0.25) is 0 Å².